The Bertz CT molecular complexity index is 1130. The average molecular weight is 531 g/mol. The smallest absolute Gasteiger partial charge is 0.395 e. The highest BCUT2D eigenvalue weighted by molar-refractivity contribution is 5.81. The number of halogens is 3. The van der Waals surface area contributed by atoms with Crippen molar-refractivity contribution in [3.8, 4) is 6.07 Å². The molecule has 2 fully saturated rings. The van der Waals surface area contributed by atoms with Gasteiger partial charge in [-0.3, -0.25) is 9.69 Å². The van der Waals surface area contributed by atoms with Gasteiger partial charge in [-0.2, -0.15) is 18.4 Å². The standard InChI is InChI=1S/C27H33F3N6O2/c28-27(29,30)26-32-24(35-13-11-34(12-14-35)15-16-37)17-25(33-26)36-10-2-4-22(19-36)23(38)5-1-3-20-6-8-21(18-31)9-7-20/h6-9,17,22,37H,1-5,10-16,19H2/t22-/m1/s1. The summed E-state index contributed by atoms with van der Waals surface area (Å²) in [6.45, 7) is 3.73. The number of hydrogen-bond acceptors (Lipinski definition) is 8. The Kier molecular flexibility index (Phi) is 9.17. The summed E-state index contributed by atoms with van der Waals surface area (Å²) in [4.78, 5) is 26.3. The highest BCUT2D eigenvalue weighted by atomic mass is 19.4. The molecule has 11 heteroatoms. The first-order valence-electron chi connectivity index (χ1n) is 13.1. The fourth-order valence-electron chi connectivity index (χ4n) is 5.08. The zero-order chi connectivity index (χ0) is 27.1. The summed E-state index contributed by atoms with van der Waals surface area (Å²) in [5.41, 5.74) is 1.66. The molecule has 0 amide bonds. The van der Waals surface area contributed by atoms with Crippen molar-refractivity contribution in [2.75, 3.05) is 62.2 Å². The summed E-state index contributed by atoms with van der Waals surface area (Å²) in [6, 6.07) is 11.0. The molecule has 3 heterocycles. The number of alkyl halides is 3. The number of piperidine rings is 1. The predicted molar refractivity (Wildman–Crippen MR) is 137 cm³/mol. The summed E-state index contributed by atoms with van der Waals surface area (Å²) in [7, 11) is 0. The van der Waals surface area contributed by atoms with Gasteiger partial charge in [-0.1, -0.05) is 12.1 Å². The minimum Gasteiger partial charge on any atom is -0.395 e. The predicted octanol–water partition coefficient (Wildman–Crippen LogP) is 3.29. The average Bonchev–Trinajstić information content (AvgIpc) is 2.93. The van der Waals surface area contributed by atoms with E-state index in [9.17, 15) is 18.0 Å². The second kappa shape index (κ2) is 12.5. The molecule has 2 aromatic rings. The zero-order valence-corrected chi connectivity index (χ0v) is 21.3. The molecule has 0 unspecified atom stereocenters. The molecule has 2 aliphatic heterocycles. The molecule has 1 atom stereocenters. The molecule has 38 heavy (non-hydrogen) atoms. The van der Waals surface area contributed by atoms with Gasteiger partial charge >= 0.3 is 6.18 Å². The number of carbonyl (C=O) groups is 1. The summed E-state index contributed by atoms with van der Waals surface area (Å²) < 4.78 is 41.1. The van der Waals surface area contributed by atoms with E-state index in [0.29, 0.717) is 77.1 Å². The lowest BCUT2D eigenvalue weighted by Crippen LogP contribution is -2.47. The van der Waals surface area contributed by atoms with Crippen LogP contribution >= 0.6 is 0 Å². The second-order valence-electron chi connectivity index (χ2n) is 9.87. The molecule has 0 aliphatic carbocycles. The van der Waals surface area contributed by atoms with Crippen LogP contribution in [-0.2, 0) is 17.4 Å². The first kappa shape index (κ1) is 27.8. The van der Waals surface area contributed by atoms with Gasteiger partial charge < -0.3 is 14.9 Å². The van der Waals surface area contributed by atoms with Gasteiger partial charge in [0.15, 0.2) is 0 Å². The lowest BCUT2D eigenvalue weighted by atomic mass is 9.90. The van der Waals surface area contributed by atoms with Crippen LogP contribution in [0.15, 0.2) is 30.3 Å². The maximum absolute atomic E-state index is 13.7. The Labute approximate surface area is 220 Å². The quantitative estimate of drug-likeness (QED) is 0.528. The van der Waals surface area contributed by atoms with Crippen LogP contribution in [-0.4, -0.2) is 78.2 Å². The first-order valence-corrected chi connectivity index (χ1v) is 13.1. The Morgan fingerprint density at radius 2 is 1.74 bits per heavy atom. The van der Waals surface area contributed by atoms with Crippen molar-refractivity contribution >= 4 is 17.4 Å². The van der Waals surface area contributed by atoms with Gasteiger partial charge in [0.25, 0.3) is 0 Å². The Balaban J connectivity index is 1.41. The van der Waals surface area contributed by atoms with Gasteiger partial charge in [-0.25, -0.2) is 9.97 Å². The normalized spacial score (nSPS) is 18.9. The number of aliphatic hydroxyl groups is 1. The number of hydrogen-bond donors (Lipinski definition) is 1. The number of nitrogens with zero attached hydrogens (tertiary/aromatic N) is 6. The number of aromatic nitrogens is 2. The van der Waals surface area contributed by atoms with Gasteiger partial charge in [0.1, 0.15) is 17.4 Å². The SMILES string of the molecule is N#Cc1ccc(CCCC(=O)[C@@H]2CCCN(c3cc(N4CCN(CCO)CC4)nc(C(F)(F)F)n3)C2)cc1. The molecule has 8 nitrogen and oxygen atoms in total. The van der Waals surface area contributed by atoms with Crippen LogP contribution < -0.4 is 9.80 Å². The fourth-order valence-corrected chi connectivity index (χ4v) is 5.08. The number of aryl methyl sites for hydroxylation is 1. The van der Waals surface area contributed by atoms with Crippen molar-refractivity contribution in [2.24, 2.45) is 5.92 Å². The molecule has 2 saturated heterocycles. The van der Waals surface area contributed by atoms with Crippen molar-refractivity contribution < 1.29 is 23.1 Å². The van der Waals surface area contributed by atoms with E-state index in [1.807, 2.05) is 17.0 Å². The molecule has 1 aromatic carbocycles. The summed E-state index contributed by atoms with van der Waals surface area (Å²) >= 11 is 0. The van der Waals surface area contributed by atoms with Gasteiger partial charge in [-0.15, -0.1) is 0 Å². The minimum absolute atomic E-state index is 0.0418. The van der Waals surface area contributed by atoms with E-state index in [1.54, 1.807) is 23.1 Å². The number of carbonyl (C=O) groups excluding carboxylic acids is 1. The molecular weight excluding hydrogens is 497 g/mol. The molecular formula is C27H33F3N6O2. The first-order chi connectivity index (χ1) is 18.3. The second-order valence-corrected chi connectivity index (χ2v) is 9.87. The number of rotatable bonds is 9. The zero-order valence-electron chi connectivity index (χ0n) is 21.3. The van der Waals surface area contributed by atoms with Crippen molar-refractivity contribution in [1.29, 1.82) is 5.26 Å². The lowest BCUT2D eigenvalue weighted by molar-refractivity contribution is -0.144. The molecule has 1 N–H and O–H groups in total. The van der Waals surface area contributed by atoms with Crippen molar-refractivity contribution in [2.45, 2.75) is 38.3 Å². The van der Waals surface area contributed by atoms with Crippen LogP contribution in [0.4, 0.5) is 24.8 Å². The third kappa shape index (κ3) is 7.20. The largest absolute Gasteiger partial charge is 0.451 e. The van der Waals surface area contributed by atoms with Gasteiger partial charge in [0.2, 0.25) is 5.82 Å². The van der Waals surface area contributed by atoms with Crippen LogP contribution in [0.2, 0.25) is 0 Å². The van der Waals surface area contributed by atoms with Crippen molar-refractivity contribution in [1.82, 2.24) is 14.9 Å². The lowest BCUT2D eigenvalue weighted by Gasteiger charge is -2.36. The van der Waals surface area contributed by atoms with Gasteiger partial charge in [0.05, 0.1) is 18.2 Å². The van der Waals surface area contributed by atoms with E-state index < -0.39 is 12.0 Å². The molecule has 0 radical (unpaired) electrons. The van der Waals surface area contributed by atoms with E-state index in [4.69, 9.17) is 10.4 Å². The van der Waals surface area contributed by atoms with Crippen molar-refractivity contribution in [3.05, 3.63) is 47.3 Å². The fraction of sp³-hybridized carbons (Fsp3) is 0.556. The van der Waals surface area contributed by atoms with E-state index in [0.717, 1.165) is 12.0 Å². The third-order valence-electron chi connectivity index (χ3n) is 7.24. The van der Waals surface area contributed by atoms with Gasteiger partial charge in [0, 0.05) is 64.2 Å². The van der Waals surface area contributed by atoms with E-state index in [-0.39, 0.29) is 29.9 Å². The Morgan fingerprint density at radius 3 is 2.37 bits per heavy atom. The molecule has 4 rings (SSSR count). The van der Waals surface area contributed by atoms with E-state index in [1.165, 1.54) is 0 Å². The number of anilines is 2. The van der Waals surface area contributed by atoms with Crippen LogP contribution in [0, 0.1) is 17.2 Å². The number of piperazine rings is 1. The van der Waals surface area contributed by atoms with Crippen LogP contribution in [0.25, 0.3) is 0 Å². The summed E-state index contributed by atoms with van der Waals surface area (Å²) in [5, 5.41) is 18.1. The molecule has 204 valence electrons. The van der Waals surface area contributed by atoms with Crippen molar-refractivity contribution in [3.63, 3.8) is 0 Å². The number of benzene rings is 1. The molecule has 2 aliphatic rings. The summed E-state index contributed by atoms with van der Waals surface area (Å²) in [6.07, 6.45) is -1.46. The summed E-state index contributed by atoms with van der Waals surface area (Å²) in [5.74, 6) is -0.858. The third-order valence-corrected chi connectivity index (χ3v) is 7.24. The molecule has 0 bridgehead atoms. The molecule has 0 saturated carbocycles. The topological polar surface area (TPSA) is 96.6 Å². The number of ketones is 1. The number of Topliss-reactive ketones (excluding diaryl/α,β-unsaturated/α-hetero) is 1. The van der Waals surface area contributed by atoms with Crippen LogP contribution in [0.3, 0.4) is 0 Å². The van der Waals surface area contributed by atoms with Crippen LogP contribution in [0.5, 0.6) is 0 Å². The van der Waals surface area contributed by atoms with E-state index >= 15 is 0 Å². The maximum Gasteiger partial charge on any atom is 0.451 e. The Morgan fingerprint density at radius 1 is 1.05 bits per heavy atom. The monoisotopic (exact) mass is 530 g/mol. The van der Waals surface area contributed by atoms with Gasteiger partial charge in [-0.05, 0) is 43.4 Å². The number of β-amino-alcohol motifs (C(OH)–C–C–N with tert-alkyl or cyclic N) is 1. The van der Waals surface area contributed by atoms with Crippen LogP contribution in [0.1, 0.15) is 42.6 Å². The highest BCUT2D eigenvalue weighted by Gasteiger charge is 2.37. The van der Waals surface area contributed by atoms with E-state index in [2.05, 4.69) is 20.9 Å². The highest BCUT2D eigenvalue weighted by Crippen LogP contribution is 2.32. The maximum atomic E-state index is 13.7. The molecule has 1 aromatic heterocycles. The number of aliphatic hydroxyl groups excluding tert-OH is 1. The number of nitriles is 1. The Hall–Kier alpha value is -3.23. The minimum atomic E-state index is -4.68. The molecule has 0 spiro atoms.